The summed E-state index contributed by atoms with van der Waals surface area (Å²) in [7, 11) is 0. The summed E-state index contributed by atoms with van der Waals surface area (Å²) in [5.41, 5.74) is 1.44. The average molecular weight is 303 g/mol. The number of nitrogens with one attached hydrogen (secondary N) is 1. The second-order valence-corrected chi connectivity index (χ2v) is 4.55. The van der Waals surface area contributed by atoms with Crippen LogP contribution in [0.15, 0.2) is 24.3 Å². The van der Waals surface area contributed by atoms with E-state index in [2.05, 4.69) is 24.1 Å². The molecule has 0 radical (unpaired) electrons. The maximum atomic E-state index is 11.8. The van der Waals surface area contributed by atoms with Crippen molar-refractivity contribution < 1.29 is 14.3 Å². The predicted octanol–water partition coefficient (Wildman–Crippen LogP) is 1.72. The summed E-state index contributed by atoms with van der Waals surface area (Å²) in [4.78, 5) is 25.4. The second-order valence-electron chi connectivity index (χ2n) is 4.55. The summed E-state index contributed by atoms with van der Waals surface area (Å²) >= 11 is 0. The van der Waals surface area contributed by atoms with E-state index < -0.39 is 11.9 Å². The monoisotopic (exact) mass is 303 g/mol. The fourth-order valence-corrected chi connectivity index (χ4v) is 1.92. The van der Waals surface area contributed by atoms with Crippen LogP contribution in [0.5, 0.6) is 0 Å². The van der Waals surface area contributed by atoms with Gasteiger partial charge in [-0.05, 0) is 38.1 Å². The summed E-state index contributed by atoms with van der Waals surface area (Å²) in [5, 5.41) is 10.8. The topological polar surface area (TPSA) is 82.4 Å². The first-order chi connectivity index (χ1) is 10.6. The van der Waals surface area contributed by atoms with Gasteiger partial charge in [0, 0.05) is 25.3 Å². The number of carbonyl (C=O) groups excluding carboxylic acids is 2. The third kappa shape index (κ3) is 5.44. The Balaban J connectivity index is 2.49. The summed E-state index contributed by atoms with van der Waals surface area (Å²) in [6.45, 7) is 5.83. The first-order valence-electron chi connectivity index (χ1n) is 7.28. The van der Waals surface area contributed by atoms with Gasteiger partial charge in [-0.1, -0.05) is 0 Å². The third-order valence-electron chi connectivity index (χ3n) is 3.12. The fourth-order valence-electron chi connectivity index (χ4n) is 1.92. The SMILES string of the molecule is CCN(CC)c1ccc(C(=O)OCC(=O)NCCC#N)cc1. The molecular formula is C16H21N3O3. The number of rotatable bonds is 8. The van der Waals surface area contributed by atoms with E-state index in [0.29, 0.717) is 5.56 Å². The molecule has 1 N–H and O–H groups in total. The van der Waals surface area contributed by atoms with Gasteiger partial charge in [0.2, 0.25) is 0 Å². The van der Waals surface area contributed by atoms with Crippen molar-refractivity contribution in [2.24, 2.45) is 0 Å². The lowest BCUT2D eigenvalue weighted by Gasteiger charge is -2.20. The van der Waals surface area contributed by atoms with Gasteiger partial charge in [-0.2, -0.15) is 5.26 Å². The van der Waals surface area contributed by atoms with Crippen molar-refractivity contribution in [2.45, 2.75) is 20.3 Å². The number of hydrogen-bond donors (Lipinski definition) is 1. The van der Waals surface area contributed by atoms with Crippen molar-refractivity contribution in [3.05, 3.63) is 29.8 Å². The highest BCUT2D eigenvalue weighted by Crippen LogP contribution is 2.15. The van der Waals surface area contributed by atoms with Crippen LogP contribution in [0, 0.1) is 11.3 Å². The molecule has 0 spiro atoms. The van der Waals surface area contributed by atoms with Gasteiger partial charge in [-0.3, -0.25) is 4.79 Å². The maximum Gasteiger partial charge on any atom is 0.338 e. The number of ether oxygens (including phenoxy) is 1. The van der Waals surface area contributed by atoms with E-state index in [4.69, 9.17) is 10.00 Å². The number of esters is 1. The Labute approximate surface area is 130 Å². The minimum atomic E-state index is -0.540. The van der Waals surface area contributed by atoms with Crippen molar-refractivity contribution in [3.63, 3.8) is 0 Å². The summed E-state index contributed by atoms with van der Waals surface area (Å²) < 4.78 is 4.93. The Morgan fingerprint density at radius 1 is 1.23 bits per heavy atom. The Morgan fingerprint density at radius 3 is 2.41 bits per heavy atom. The number of anilines is 1. The molecule has 1 aromatic carbocycles. The first-order valence-corrected chi connectivity index (χ1v) is 7.28. The number of hydrogen-bond acceptors (Lipinski definition) is 5. The molecule has 0 aliphatic heterocycles. The number of carbonyl (C=O) groups is 2. The summed E-state index contributed by atoms with van der Waals surface area (Å²) in [6.07, 6.45) is 0.229. The molecular weight excluding hydrogens is 282 g/mol. The fraction of sp³-hybridized carbons (Fsp3) is 0.438. The molecule has 0 fully saturated rings. The van der Waals surface area contributed by atoms with Gasteiger partial charge in [0.25, 0.3) is 5.91 Å². The van der Waals surface area contributed by atoms with E-state index in [1.807, 2.05) is 18.2 Å². The minimum Gasteiger partial charge on any atom is -0.452 e. The molecule has 0 atom stereocenters. The molecule has 118 valence electrons. The van der Waals surface area contributed by atoms with Crippen LogP contribution in [-0.2, 0) is 9.53 Å². The summed E-state index contributed by atoms with van der Waals surface area (Å²) in [6, 6.07) is 8.99. The highest BCUT2D eigenvalue weighted by Gasteiger charge is 2.10. The third-order valence-corrected chi connectivity index (χ3v) is 3.12. The van der Waals surface area contributed by atoms with Crippen molar-refractivity contribution in [1.82, 2.24) is 5.32 Å². The molecule has 0 aliphatic rings. The second kappa shape index (κ2) is 9.40. The zero-order chi connectivity index (χ0) is 16.4. The lowest BCUT2D eigenvalue weighted by atomic mass is 10.2. The van der Waals surface area contributed by atoms with Crippen molar-refractivity contribution >= 4 is 17.6 Å². The van der Waals surface area contributed by atoms with Gasteiger partial charge in [0.1, 0.15) is 0 Å². The van der Waals surface area contributed by atoms with Crippen LogP contribution in [0.1, 0.15) is 30.6 Å². The molecule has 22 heavy (non-hydrogen) atoms. The summed E-state index contributed by atoms with van der Waals surface area (Å²) in [5.74, 6) is -0.954. The number of amides is 1. The Hall–Kier alpha value is -2.55. The minimum absolute atomic E-state index is 0.229. The van der Waals surface area contributed by atoms with E-state index in [9.17, 15) is 9.59 Å². The zero-order valence-corrected chi connectivity index (χ0v) is 13.0. The zero-order valence-electron chi connectivity index (χ0n) is 13.0. The molecule has 0 saturated carbocycles. The Morgan fingerprint density at radius 2 is 1.86 bits per heavy atom. The van der Waals surface area contributed by atoms with Gasteiger partial charge < -0.3 is 15.0 Å². The molecule has 6 nitrogen and oxygen atoms in total. The van der Waals surface area contributed by atoms with Crippen LogP contribution in [0.3, 0.4) is 0 Å². The van der Waals surface area contributed by atoms with E-state index in [1.54, 1.807) is 12.1 Å². The van der Waals surface area contributed by atoms with E-state index >= 15 is 0 Å². The molecule has 6 heteroatoms. The van der Waals surface area contributed by atoms with Crippen molar-refractivity contribution in [3.8, 4) is 6.07 Å². The molecule has 1 aromatic rings. The van der Waals surface area contributed by atoms with Gasteiger partial charge in [-0.25, -0.2) is 4.79 Å². The largest absolute Gasteiger partial charge is 0.452 e. The Bertz CT molecular complexity index is 531. The van der Waals surface area contributed by atoms with Gasteiger partial charge in [-0.15, -0.1) is 0 Å². The first kappa shape index (κ1) is 17.5. The van der Waals surface area contributed by atoms with Crippen LogP contribution in [0.4, 0.5) is 5.69 Å². The van der Waals surface area contributed by atoms with Crippen LogP contribution in [0.25, 0.3) is 0 Å². The van der Waals surface area contributed by atoms with Gasteiger partial charge >= 0.3 is 5.97 Å². The number of nitriles is 1. The van der Waals surface area contributed by atoms with Crippen LogP contribution in [0.2, 0.25) is 0 Å². The van der Waals surface area contributed by atoms with Crippen LogP contribution in [-0.4, -0.2) is 38.1 Å². The van der Waals surface area contributed by atoms with Crippen LogP contribution < -0.4 is 10.2 Å². The molecule has 0 bridgehead atoms. The number of nitrogens with zero attached hydrogens (tertiary/aromatic N) is 2. The van der Waals surface area contributed by atoms with E-state index in [0.717, 1.165) is 18.8 Å². The molecule has 1 amide bonds. The van der Waals surface area contributed by atoms with Crippen LogP contribution >= 0.6 is 0 Å². The quantitative estimate of drug-likeness (QED) is 0.584. The lowest BCUT2D eigenvalue weighted by molar-refractivity contribution is -0.124. The van der Waals surface area contributed by atoms with E-state index in [-0.39, 0.29) is 19.6 Å². The van der Waals surface area contributed by atoms with Gasteiger partial charge in [0.05, 0.1) is 18.1 Å². The smallest absolute Gasteiger partial charge is 0.338 e. The molecule has 0 saturated heterocycles. The van der Waals surface area contributed by atoms with Crippen molar-refractivity contribution in [1.29, 1.82) is 5.26 Å². The van der Waals surface area contributed by atoms with Gasteiger partial charge in [0.15, 0.2) is 6.61 Å². The molecule has 1 rings (SSSR count). The van der Waals surface area contributed by atoms with E-state index in [1.165, 1.54) is 0 Å². The molecule has 0 aliphatic carbocycles. The molecule has 0 unspecified atom stereocenters. The normalized spacial score (nSPS) is 9.68. The Kier molecular flexibility index (Phi) is 7.48. The number of benzene rings is 1. The standard InChI is InChI=1S/C16H21N3O3/c1-3-19(4-2)14-8-6-13(7-9-14)16(21)22-12-15(20)18-11-5-10-17/h6-9H,3-5,11-12H2,1-2H3,(H,18,20). The van der Waals surface area contributed by atoms with Crippen molar-refractivity contribution in [2.75, 3.05) is 31.1 Å². The molecule has 0 heterocycles. The average Bonchev–Trinajstić information content (AvgIpc) is 2.54. The predicted molar refractivity (Wildman–Crippen MR) is 83.5 cm³/mol. The lowest BCUT2D eigenvalue weighted by Crippen LogP contribution is -2.29. The molecule has 0 aromatic heterocycles. The highest BCUT2D eigenvalue weighted by molar-refractivity contribution is 5.91. The highest BCUT2D eigenvalue weighted by atomic mass is 16.5. The maximum absolute atomic E-state index is 11.8.